The smallest absolute Gasteiger partial charge is 0.202 e. The highest BCUT2D eigenvalue weighted by Gasteiger charge is 2.16. The van der Waals surface area contributed by atoms with Gasteiger partial charge in [0.1, 0.15) is 11.6 Å². The van der Waals surface area contributed by atoms with Crippen molar-refractivity contribution in [2.45, 2.75) is 33.7 Å². The van der Waals surface area contributed by atoms with Crippen LogP contribution in [0.25, 0.3) is 0 Å². The van der Waals surface area contributed by atoms with Crippen molar-refractivity contribution in [2.24, 2.45) is 0 Å². The molecule has 0 aliphatic carbocycles. The standard InChI is InChI=1S/C24H24FNO3/c1-4-13-26-16(2)14-22(17(26)3)23(27)15-29-21-11-7-19(8-12-21)24(28)18-5-9-20(25)10-6-18/h5-12,14H,4,13,15H2,1-3H3. The maximum Gasteiger partial charge on any atom is 0.202 e. The van der Waals surface area contributed by atoms with Crippen LogP contribution >= 0.6 is 0 Å². The van der Waals surface area contributed by atoms with E-state index in [1.165, 1.54) is 24.3 Å². The van der Waals surface area contributed by atoms with E-state index in [0.717, 1.165) is 24.4 Å². The lowest BCUT2D eigenvalue weighted by Crippen LogP contribution is -2.13. The number of ether oxygens (including phenoxy) is 1. The van der Waals surface area contributed by atoms with E-state index in [0.29, 0.717) is 22.4 Å². The van der Waals surface area contributed by atoms with Gasteiger partial charge in [0.25, 0.3) is 0 Å². The fourth-order valence-electron chi connectivity index (χ4n) is 3.35. The molecule has 0 spiro atoms. The second-order valence-electron chi connectivity index (χ2n) is 7.01. The molecule has 150 valence electrons. The SMILES string of the molecule is CCCn1c(C)cc(C(=O)COc2ccc(C(=O)c3ccc(F)cc3)cc2)c1C. The summed E-state index contributed by atoms with van der Waals surface area (Å²) in [7, 11) is 0. The van der Waals surface area contributed by atoms with Crippen LogP contribution < -0.4 is 4.74 Å². The molecule has 0 amide bonds. The largest absolute Gasteiger partial charge is 0.485 e. The molecule has 5 heteroatoms. The van der Waals surface area contributed by atoms with Gasteiger partial charge >= 0.3 is 0 Å². The second kappa shape index (κ2) is 8.86. The normalized spacial score (nSPS) is 10.8. The van der Waals surface area contributed by atoms with Crippen molar-refractivity contribution in [3.05, 3.63) is 88.5 Å². The predicted molar refractivity (Wildman–Crippen MR) is 110 cm³/mol. The number of benzene rings is 2. The van der Waals surface area contributed by atoms with Crippen molar-refractivity contribution in [3.8, 4) is 5.75 Å². The molecular weight excluding hydrogens is 369 g/mol. The molecule has 4 nitrogen and oxygen atoms in total. The average molecular weight is 393 g/mol. The van der Waals surface area contributed by atoms with Gasteiger partial charge in [-0.25, -0.2) is 4.39 Å². The van der Waals surface area contributed by atoms with Crippen molar-refractivity contribution >= 4 is 11.6 Å². The monoisotopic (exact) mass is 393 g/mol. The highest BCUT2D eigenvalue weighted by Crippen LogP contribution is 2.19. The van der Waals surface area contributed by atoms with Crippen LogP contribution in [-0.2, 0) is 6.54 Å². The number of carbonyl (C=O) groups is 2. The summed E-state index contributed by atoms with van der Waals surface area (Å²) in [4.78, 5) is 25.0. The van der Waals surface area contributed by atoms with E-state index in [1.54, 1.807) is 24.3 Å². The molecule has 0 radical (unpaired) electrons. The first kappa shape index (κ1) is 20.5. The van der Waals surface area contributed by atoms with Gasteiger partial charge < -0.3 is 9.30 Å². The molecule has 29 heavy (non-hydrogen) atoms. The Kier molecular flexibility index (Phi) is 6.27. The lowest BCUT2D eigenvalue weighted by Gasteiger charge is -2.09. The number of nitrogens with zero attached hydrogens (tertiary/aromatic N) is 1. The van der Waals surface area contributed by atoms with Crippen molar-refractivity contribution < 1.29 is 18.7 Å². The minimum Gasteiger partial charge on any atom is -0.485 e. The second-order valence-corrected chi connectivity index (χ2v) is 7.01. The molecule has 3 rings (SSSR count). The fraction of sp³-hybridized carbons (Fsp3) is 0.250. The first-order valence-corrected chi connectivity index (χ1v) is 9.63. The van der Waals surface area contributed by atoms with Gasteiger partial charge in [-0.3, -0.25) is 9.59 Å². The van der Waals surface area contributed by atoms with Crippen molar-refractivity contribution in [3.63, 3.8) is 0 Å². The summed E-state index contributed by atoms with van der Waals surface area (Å²) in [5, 5.41) is 0. The number of halogens is 1. The first-order valence-electron chi connectivity index (χ1n) is 9.63. The third-order valence-corrected chi connectivity index (χ3v) is 4.91. The van der Waals surface area contributed by atoms with E-state index in [2.05, 4.69) is 11.5 Å². The zero-order valence-electron chi connectivity index (χ0n) is 16.9. The minimum absolute atomic E-state index is 0.0678. The third kappa shape index (κ3) is 4.62. The Morgan fingerprint density at radius 2 is 1.55 bits per heavy atom. The Hall–Kier alpha value is -3.21. The molecule has 0 atom stereocenters. The highest BCUT2D eigenvalue weighted by atomic mass is 19.1. The topological polar surface area (TPSA) is 48.3 Å². The van der Waals surface area contributed by atoms with Gasteiger partial charge in [0, 0.05) is 34.6 Å². The number of hydrogen-bond donors (Lipinski definition) is 0. The molecule has 1 heterocycles. The predicted octanol–water partition coefficient (Wildman–Crippen LogP) is 5.15. The maximum atomic E-state index is 13.0. The number of aromatic nitrogens is 1. The molecule has 0 saturated carbocycles. The van der Waals surface area contributed by atoms with Crippen LogP contribution in [0.4, 0.5) is 4.39 Å². The molecule has 3 aromatic rings. The number of rotatable bonds is 8. The molecule has 0 bridgehead atoms. The van der Waals surface area contributed by atoms with E-state index in [-0.39, 0.29) is 24.0 Å². The Morgan fingerprint density at radius 1 is 0.966 bits per heavy atom. The Balaban J connectivity index is 1.64. The zero-order valence-corrected chi connectivity index (χ0v) is 16.9. The van der Waals surface area contributed by atoms with Crippen molar-refractivity contribution in [1.82, 2.24) is 4.57 Å². The van der Waals surface area contributed by atoms with Crippen molar-refractivity contribution in [1.29, 1.82) is 0 Å². The molecule has 0 aliphatic rings. The fourth-order valence-corrected chi connectivity index (χ4v) is 3.35. The highest BCUT2D eigenvalue weighted by molar-refractivity contribution is 6.09. The van der Waals surface area contributed by atoms with Gasteiger partial charge in [-0.1, -0.05) is 6.92 Å². The summed E-state index contributed by atoms with van der Waals surface area (Å²) in [6, 6.07) is 13.9. The van der Waals surface area contributed by atoms with Crippen molar-refractivity contribution in [2.75, 3.05) is 6.61 Å². The van der Waals surface area contributed by atoms with Crippen LogP contribution in [0.15, 0.2) is 54.6 Å². The van der Waals surface area contributed by atoms with Crippen LogP contribution in [0.2, 0.25) is 0 Å². The summed E-state index contributed by atoms with van der Waals surface area (Å²) < 4.78 is 20.8. The number of carbonyl (C=O) groups excluding carboxylic acids is 2. The Morgan fingerprint density at radius 3 is 2.14 bits per heavy atom. The number of hydrogen-bond acceptors (Lipinski definition) is 3. The lowest BCUT2D eigenvalue weighted by molar-refractivity contribution is 0.0920. The van der Waals surface area contributed by atoms with Gasteiger partial charge in [0.05, 0.1) is 0 Å². The van der Waals surface area contributed by atoms with E-state index < -0.39 is 0 Å². The Labute approximate surface area is 169 Å². The molecule has 0 unspecified atom stereocenters. The average Bonchev–Trinajstić information content (AvgIpc) is 3.01. The summed E-state index contributed by atoms with van der Waals surface area (Å²) in [6.07, 6.45) is 1.00. The van der Waals surface area contributed by atoms with E-state index in [9.17, 15) is 14.0 Å². The molecular formula is C24H24FNO3. The summed E-state index contributed by atoms with van der Waals surface area (Å²) >= 11 is 0. The van der Waals surface area contributed by atoms with Gasteiger partial charge in [-0.15, -0.1) is 0 Å². The molecule has 0 saturated heterocycles. The van der Waals surface area contributed by atoms with Gasteiger partial charge in [0.15, 0.2) is 12.4 Å². The summed E-state index contributed by atoms with van der Waals surface area (Å²) in [5.74, 6) is -0.148. The van der Waals surface area contributed by atoms with Crippen LogP contribution in [0.1, 0.15) is 51.0 Å². The Bertz CT molecular complexity index is 1020. The molecule has 0 fully saturated rings. The number of Topliss-reactive ketones (excluding diaryl/α,β-unsaturated/α-hetero) is 1. The van der Waals surface area contributed by atoms with Crippen LogP contribution in [0.5, 0.6) is 5.75 Å². The zero-order chi connectivity index (χ0) is 21.0. The number of aryl methyl sites for hydroxylation is 1. The van der Waals surface area contributed by atoms with E-state index in [1.807, 2.05) is 19.9 Å². The van der Waals surface area contributed by atoms with Crippen LogP contribution in [0, 0.1) is 19.7 Å². The van der Waals surface area contributed by atoms with E-state index >= 15 is 0 Å². The van der Waals surface area contributed by atoms with E-state index in [4.69, 9.17) is 4.74 Å². The maximum absolute atomic E-state index is 13.0. The van der Waals surface area contributed by atoms with Crippen LogP contribution in [0.3, 0.4) is 0 Å². The molecule has 1 aromatic heterocycles. The lowest BCUT2D eigenvalue weighted by atomic mass is 10.0. The molecule has 0 aliphatic heterocycles. The summed E-state index contributed by atoms with van der Waals surface area (Å²) in [5.41, 5.74) is 3.59. The minimum atomic E-state index is -0.384. The quantitative estimate of drug-likeness (QED) is 0.498. The summed E-state index contributed by atoms with van der Waals surface area (Å²) in [6.45, 7) is 6.87. The molecule has 0 N–H and O–H groups in total. The van der Waals surface area contributed by atoms with Gasteiger partial charge in [0.2, 0.25) is 5.78 Å². The number of ketones is 2. The molecule has 2 aromatic carbocycles. The first-order chi connectivity index (χ1) is 13.9. The van der Waals surface area contributed by atoms with Gasteiger partial charge in [-0.2, -0.15) is 0 Å². The third-order valence-electron chi connectivity index (χ3n) is 4.91. The van der Waals surface area contributed by atoms with Crippen LogP contribution in [-0.4, -0.2) is 22.7 Å². The van der Waals surface area contributed by atoms with Gasteiger partial charge in [-0.05, 0) is 74.9 Å².